The highest BCUT2D eigenvalue weighted by Crippen LogP contribution is 2.20. The Morgan fingerprint density at radius 1 is 1.00 bits per heavy atom. The highest BCUT2D eigenvalue weighted by molar-refractivity contribution is 7.99. The summed E-state index contributed by atoms with van der Waals surface area (Å²) in [5, 5.41) is 15.4. The van der Waals surface area contributed by atoms with Crippen LogP contribution < -0.4 is 15.5 Å². The molecule has 0 saturated heterocycles. The zero-order chi connectivity index (χ0) is 25.9. The van der Waals surface area contributed by atoms with Crippen LogP contribution in [0, 0.1) is 6.92 Å². The summed E-state index contributed by atoms with van der Waals surface area (Å²) in [4.78, 5) is 25.7. The molecule has 37 heavy (non-hydrogen) atoms. The first kappa shape index (κ1) is 26.1. The molecule has 0 radical (unpaired) electrons. The van der Waals surface area contributed by atoms with Gasteiger partial charge in [0.05, 0.1) is 19.2 Å². The molecule has 4 rings (SSSR count). The second-order valence-corrected chi connectivity index (χ2v) is 10.1. The summed E-state index contributed by atoms with van der Waals surface area (Å²) in [5.74, 6) is 0.863. The van der Waals surface area contributed by atoms with Crippen molar-refractivity contribution in [3.63, 3.8) is 0 Å². The van der Waals surface area contributed by atoms with Crippen LogP contribution in [0.1, 0.15) is 26.5 Å². The number of aromatic nitrogens is 2. The van der Waals surface area contributed by atoms with E-state index in [0.29, 0.717) is 28.1 Å². The molecule has 188 valence electrons. The van der Waals surface area contributed by atoms with Crippen molar-refractivity contribution >= 4 is 46.3 Å². The Bertz CT molecular complexity index is 1360. The Hall–Kier alpha value is -4.02. The topological polar surface area (TPSA) is 106 Å². The Morgan fingerprint density at radius 2 is 1.76 bits per heavy atom. The number of anilines is 1. The number of ether oxygens (including phenoxy) is 1. The maximum atomic E-state index is 12.3. The summed E-state index contributed by atoms with van der Waals surface area (Å²) < 4.78 is 5.93. The molecular weight excluding hydrogens is 506 g/mol. The molecule has 0 aliphatic heterocycles. The normalized spacial score (nSPS) is 10.8. The number of thioether (sulfide) groups is 1. The van der Waals surface area contributed by atoms with E-state index in [1.54, 1.807) is 42.2 Å². The number of carbonyl (C=O) groups excluding carboxylic acids is 2. The zero-order valence-electron chi connectivity index (χ0n) is 20.1. The van der Waals surface area contributed by atoms with Gasteiger partial charge in [0.2, 0.25) is 11.0 Å². The second-order valence-electron chi connectivity index (χ2n) is 7.84. The minimum absolute atomic E-state index is 0.00933. The predicted molar refractivity (Wildman–Crippen MR) is 148 cm³/mol. The number of hydrogen-bond acceptors (Lipinski definition) is 8. The number of hydrogen-bond donors (Lipinski definition) is 2. The maximum Gasteiger partial charge on any atom is 0.257 e. The van der Waals surface area contributed by atoms with E-state index < -0.39 is 0 Å². The lowest BCUT2D eigenvalue weighted by Gasteiger charge is -2.09. The van der Waals surface area contributed by atoms with Crippen LogP contribution in [0.3, 0.4) is 0 Å². The summed E-state index contributed by atoms with van der Waals surface area (Å²) in [7, 11) is 0. The molecular formula is C27H25N5O3S2. The van der Waals surface area contributed by atoms with Gasteiger partial charge in [0.1, 0.15) is 10.8 Å². The van der Waals surface area contributed by atoms with Gasteiger partial charge in [-0.2, -0.15) is 5.10 Å². The van der Waals surface area contributed by atoms with Crippen molar-refractivity contribution in [2.75, 3.05) is 17.7 Å². The van der Waals surface area contributed by atoms with Gasteiger partial charge in [-0.3, -0.25) is 14.9 Å². The van der Waals surface area contributed by atoms with Crippen LogP contribution in [0.25, 0.3) is 0 Å². The molecule has 10 heteroatoms. The third-order valence-corrected chi connectivity index (χ3v) is 6.79. The van der Waals surface area contributed by atoms with Crippen molar-refractivity contribution in [1.82, 2.24) is 15.6 Å². The molecule has 0 saturated carbocycles. The van der Waals surface area contributed by atoms with Crippen LogP contribution in [0.2, 0.25) is 0 Å². The van der Waals surface area contributed by atoms with E-state index >= 15 is 0 Å². The molecule has 4 aromatic rings. The van der Waals surface area contributed by atoms with Crippen molar-refractivity contribution in [2.45, 2.75) is 18.2 Å². The van der Waals surface area contributed by atoms with Crippen molar-refractivity contribution in [3.8, 4) is 5.75 Å². The number of hydrazone groups is 1. The largest absolute Gasteiger partial charge is 0.492 e. The van der Waals surface area contributed by atoms with E-state index in [2.05, 4.69) is 57.2 Å². The smallest absolute Gasteiger partial charge is 0.257 e. The molecule has 0 aliphatic rings. The van der Waals surface area contributed by atoms with Gasteiger partial charge in [-0.1, -0.05) is 59.4 Å². The van der Waals surface area contributed by atoms with E-state index in [0.717, 1.165) is 22.7 Å². The number of carbonyl (C=O) groups is 2. The van der Waals surface area contributed by atoms with Gasteiger partial charge < -0.3 is 4.74 Å². The first-order valence-corrected chi connectivity index (χ1v) is 13.3. The quantitative estimate of drug-likeness (QED) is 0.123. The molecule has 0 aliphatic carbocycles. The van der Waals surface area contributed by atoms with E-state index in [9.17, 15) is 9.59 Å². The van der Waals surface area contributed by atoms with Gasteiger partial charge in [-0.05, 0) is 43.3 Å². The first-order valence-electron chi connectivity index (χ1n) is 11.5. The Kier molecular flexibility index (Phi) is 9.39. The minimum Gasteiger partial charge on any atom is -0.492 e. The SMILES string of the molecule is Cc1ccc(SCCOc2ccccc2/C=N\NC(=O)Cc2nnc(NC(=O)c3ccccc3)s2)cc1. The Labute approximate surface area is 223 Å². The molecule has 8 nitrogen and oxygen atoms in total. The highest BCUT2D eigenvalue weighted by Gasteiger charge is 2.12. The maximum absolute atomic E-state index is 12.3. The van der Waals surface area contributed by atoms with Crippen molar-refractivity contribution in [2.24, 2.45) is 5.10 Å². The van der Waals surface area contributed by atoms with Gasteiger partial charge in [0.15, 0.2) is 0 Å². The monoisotopic (exact) mass is 531 g/mol. The van der Waals surface area contributed by atoms with Crippen molar-refractivity contribution in [3.05, 3.63) is 101 Å². The predicted octanol–water partition coefficient (Wildman–Crippen LogP) is 4.96. The van der Waals surface area contributed by atoms with Gasteiger partial charge >= 0.3 is 0 Å². The fourth-order valence-corrected chi connectivity index (χ4v) is 4.61. The fraction of sp³-hybridized carbons (Fsp3) is 0.148. The summed E-state index contributed by atoms with van der Waals surface area (Å²) >= 11 is 2.87. The van der Waals surface area contributed by atoms with Crippen LogP contribution in [0.15, 0.2) is 88.9 Å². The molecule has 2 N–H and O–H groups in total. The molecule has 0 bridgehead atoms. The Morgan fingerprint density at radius 3 is 2.57 bits per heavy atom. The van der Waals surface area contributed by atoms with E-state index in [1.165, 1.54) is 10.5 Å². The van der Waals surface area contributed by atoms with Gasteiger partial charge in [0, 0.05) is 21.8 Å². The highest BCUT2D eigenvalue weighted by atomic mass is 32.2. The number of aryl methyl sites for hydroxylation is 1. The molecule has 3 aromatic carbocycles. The lowest BCUT2D eigenvalue weighted by atomic mass is 10.2. The lowest BCUT2D eigenvalue weighted by molar-refractivity contribution is -0.120. The fourth-order valence-electron chi connectivity index (χ4n) is 3.15. The van der Waals surface area contributed by atoms with E-state index in [-0.39, 0.29) is 18.2 Å². The lowest BCUT2D eigenvalue weighted by Crippen LogP contribution is -2.19. The summed E-state index contributed by atoms with van der Waals surface area (Å²) in [5.41, 5.74) is 5.00. The zero-order valence-corrected chi connectivity index (χ0v) is 21.7. The number of para-hydroxylation sites is 1. The third-order valence-electron chi connectivity index (χ3n) is 4.98. The van der Waals surface area contributed by atoms with Crippen LogP contribution in [0.5, 0.6) is 5.75 Å². The van der Waals surface area contributed by atoms with Crippen LogP contribution in [-0.2, 0) is 11.2 Å². The van der Waals surface area contributed by atoms with Crippen LogP contribution >= 0.6 is 23.1 Å². The summed E-state index contributed by atoms with van der Waals surface area (Å²) in [6.07, 6.45) is 1.54. The van der Waals surface area contributed by atoms with E-state index in [4.69, 9.17) is 4.74 Å². The molecule has 1 heterocycles. The standard InChI is InChI=1S/C27H25N5O3S2/c1-19-11-13-22(14-12-19)36-16-15-35-23-10-6-5-9-21(23)18-28-30-24(33)17-25-31-32-27(37-25)29-26(34)20-7-3-2-4-8-20/h2-14,18H,15-17H2,1H3,(H,30,33)(H,29,32,34)/b28-18-. The average molecular weight is 532 g/mol. The minimum atomic E-state index is -0.346. The van der Waals surface area contributed by atoms with Gasteiger partial charge in [-0.25, -0.2) is 5.43 Å². The van der Waals surface area contributed by atoms with Crippen LogP contribution in [0.4, 0.5) is 5.13 Å². The van der Waals surface area contributed by atoms with Crippen molar-refractivity contribution in [1.29, 1.82) is 0 Å². The molecule has 0 spiro atoms. The average Bonchev–Trinajstić information content (AvgIpc) is 3.35. The number of nitrogens with one attached hydrogen (secondary N) is 2. The van der Waals surface area contributed by atoms with Crippen LogP contribution in [-0.4, -0.2) is 40.6 Å². The van der Waals surface area contributed by atoms with Gasteiger partial charge in [0.25, 0.3) is 5.91 Å². The number of benzene rings is 3. The van der Waals surface area contributed by atoms with Crippen molar-refractivity contribution < 1.29 is 14.3 Å². The molecule has 0 fully saturated rings. The number of nitrogens with zero attached hydrogens (tertiary/aromatic N) is 3. The molecule has 2 amide bonds. The molecule has 0 atom stereocenters. The molecule has 1 aromatic heterocycles. The van der Waals surface area contributed by atoms with Gasteiger partial charge in [-0.15, -0.1) is 22.0 Å². The molecule has 0 unspecified atom stereocenters. The second kappa shape index (κ2) is 13.3. The summed E-state index contributed by atoms with van der Waals surface area (Å²) in [6, 6.07) is 24.7. The summed E-state index contributed by atoms with van der Waals surface area (Å²) in [6.45, 7) is 2.61. The van der Waals surface area contributed by atoms with E-state index in [1.807, 2.05) is 30.3 Å². The Balaban J connectivity index is 1.23. The third kappa shape index (κ3) is 8.26. The number of amides is 2. The number of rotatable bonds is 11. The first-order chi connectivity index (χ1) is 18.1.